The summed E-state index contributed by atoms with van der Waals surface area (Å²) in [5, 5.41) is 6.93. The van der Waals surface area contributed by atoms with Gasteiger partial charge in [0.05, 0.1) is 5.01 Å². The summed E-state index contributed by atoms with van der Waals surface area (Å²) in [5.74, 6) is 1.40. The number of hydrogen-bond acceptors (Lipinski definition) is 5. The highest BCUT2D eigenvalue weighted by Gasteiger charge is 2.37. The number of nitrogens with one attached hydrogen (secondary N) is 1. The van der Waals surface area contributed by atoms with Crippen molar-refractivity contribution < 1.29 is 14.3 Å². The third-order valence-corrected chi connectivity index (χ3v) is 7.86. The minimum absolute atomic E-state index is 0.0966. The summed E-state index contributed by atoms with van der Waals surface area (Å²) >= 11 is 14.0. The van der Waals surface area contributed by atoms with Crippen LogP contribution in [0.3, 0.4) is 0 Å². The highest BCUT2D eigenvalue weighted by molar-refractivity contribution is 7.09. The summed E-state index contributed by atoms with van der Waals surface area (Å²) in [6.07, 6.45) is 4.84. The number of fused-ring (bicyclic) bond motifs is 1. The van der Waals surface area contributed by atoms with E-state index in [1.54, 1.807) is 17.5 Å². The highest BCUT2D eigenvalue weighted by Crippen LogP contribution is 2.44. The third kappa shape index (κ3) is 4.19. The Bertz CT molecular complexity index is 1140. The van der Waals surface area contributed by atoms with Crippen molar-refractivity contribution in [2.75, 3.05) is 13.3 Å². The van der Waals surface area contributed by atoms with Crippen LogP contribution in [-0.2, 0) is 11.8 Å². The monoisotopic (exact) mass is 488 g/mol. The van der Waals surface area contributed by atoms with Crippen LogP contribution in [0, 0.1) is 0 Å². The first-order chi connectivity index (χ1) is 15.5. The lowest BCUT2D eigenvalue weighted by atomic mass is 9.78. The SMILES string of the molecule is O=C(NCC1(c2ccc3c(c2)OCO3)CCCC1)c1csc(Cc2c(Cl)cccc2Cl)n1. The summed E-state index contributed by atoms with van der Waals surface area (Å²) < 4.78 is 11.0. The van der Waals surface area contributed by atoms with E-state index < -0.39 is 0 Å². The first-order valence-electron chi connectivity index (χ1n) is 10.6. The van der Waals surface area contributed by atoms with E-state index in [4.69, 9.17) is 32.7 Å². The van der Waals surface area contributed by atoms with Gasteiger partial charge in [0.1, 0.15) is 5.69 Å². The molecule has 0 spiro atoms. The van der Waals surface area contributed by atoms with Gasteiger partial charge in [-0.3, -0.25) is 4.79 Å². The maximum absolute atomic E-state index is 12.9. The Morgan fingerprint density at radius 1 is 1.09 bits per heavy atom. The molecule has 1 fully saturated rings. The van der Waals surface area contributed by atoms with Gasteiger partial charge in [0.25, 0.3) is 5.91 Å². The predicted molar refractivity (Wildman–Crippen MR) is 126 cm³/mol. The zero-order valence-corrected chi connectivity index (χ0v) is 19.7. The molecule has 5 rings (SSSR count). The number of ether oxygens (including phenoxy) is 2. The van der Waals surface area contributed by atoms with E-state index in [1.807, 2.05) is 12.1 Å². The van der Waals surface area contributed by atoms with Crippen molar-refractivity contribution in [1.29, 1.82) is 0 Å². The number of thiazole rings is 1. The molecule has 1 amide bonds. The van der Waals surface area contributed by atoms with Crippen molar-refractivity contribution in [3.63, 3.8) is 0 Å². The lowest BCUT2D eigenvalue weighted by Gasteiger charge is -2.30. The maximum Gasteiger partial charge on any atom is 0.270 e. The molecule has 32 heavy (non-hydrogen) atoms. The second kappa shape index (κ2) is 8.93. The number of rotatable bonds is 6. The Balaban J connectivity index is 1.29. The molecule has 2 aromatic carbocycles. The molecule has 3 aromatic rings. The van der Waals surface area contributed by atoms with Gasteiger partial charge >= 0.3 is 0 Å². The van der Waals surface area contributed by atoms with E-state index in [9.17, 15) is 4.79 Å². The Kier molecular flexibility index (Phi) is 6.01. The van der Waals surface area contributed by atoms with Gasteiger partial charge in [-0.05, 0) is 48.2 Å². The first-order valence-corrected chi connectivity index (χ1v) is 12.2. The molecule has 166 valence electrons. The van der Waals surface area contributed by atoms with Crippen LogP contribution in [0.4, 0.5) is 0 Å². The number of aromatic nitrogens is 1. The smallest absolute Gasteiger partial charge is 0.270 e. The summed E-state index contributed by atoms with van der Waals surface area (Å²) in [6.45, 7) is 0.822. The van der Waals surface area contributed by atoms with Gasteiger partial charge in [-0.25, -0.2) is 4.98 Å². The molecular weight excluding hydrogens is 467 g/mol. The van der Waals surface area contributed by atoms with Gasteiger partial charge < -0.3 is 14.8 Å². The van der Waals surface area contributed by atoms with Crippen molar-refractivity contribution in [3.8, 4) is 11.5 Å². The van der Waals surface area contributed by atoms with Crippen LogP contribution in [0.2, 0.25) is 10.0 Å². The zero-order chi connectivity index (χ0) is 22.1. The normalized spacial score (nSPS) is 16.3. The molecule has 8 heteroatoms. The third-order valence-electron chi connectivity index (χ3n) is 6.31. The molecule has 0 saturated heterocycles. The van der Waals surface area contributed by atoms with E-state index >= 15 is 0 Å². The topological polar surface area (TPSA) is 60.5 Å². The average Bonchev–Trinajstić information content (AvgIpc) is 3.55. The molecule has 2 heterocycles. The minimum Gasteiger partial charge on any atom is -0.454 e. The Hall–Kier alpha value is -2.28. The number of benzene rings is 2. The molecule has 5 nitrogen and oxygen atoms in total. The number of amides is 1. The summed E-state index contributed by atoms with van der Waals surface area (Å²) in [7, 11) is 0. The fourth-order valence-corrected chi connectivity index (χ4v) is 5.85. The Morgan fingerprint density at radius 3 is 2.62 bits per heavy atom. The van der Waals surface area contributed by atoms with Crippen molar-refractivity contribution in [3.05, 3.63) is 73.7 Å². The largest absolute Gasteiger partial charge is 0.454 e. The fourth-order valence-electron chi connectivity index (χ4n) is 4.53. The second-order valence-corrected chi connectivity index (χ2v) is 10.00. The van der Waals surface area contributed by atoms with E-state index in [0.717, 1.165) is 47.8 Å². The Morgan fingerprint density at radius 2 is 1.84 bits per heavy atom. The molecule has 1 aliphatic heterocycles. The van der Waals surface area contributed by atoms with Crippen molar-refractivity contribution in [2.24, 2.45) is 0 Å². The van der Waals surface area contributed by atoms with E-state index in [1.165, 1.54) is 16.9 Å². The molecule has 1 aromatic heterocycles. The van der Waals surface area contributed by atoms with Crippen molar-refractivity contribution >= 4 is 40.4 Å². The standard InChI is InChI=1S/C24H22Cl2N2O3S/c25-17-4-3-5-18(26)16(17)11-22-28-19(12-32-22)23(29)27-13-24(8-1-2-9-24)15-6-7-20-21(10-15)31-14-30-20/h3-7,10,12H,1-2,8-9,11,13-14H2,(H,27,29). The van der Waals surface area contributed by atoms with Gasteiger partial charge in [-0.2, -0.15) is 0 Å². The summed E-state index contributed by atoms with van der Waals surface area (Å²) in [4.78, 5) is 17.4. The fraction of sp³-hybridized carbons (Fsp3) is 0.333. The van der Waals surface area contributed by atoms with Gasteiger partial charge in [0, 0.05) is 33.8 Å². The van der Waals surface area contributed by atoms with Crippen LogP contribution in [0.5, 0.6) is 11.5 Å². The lowest BCUT2D eigenvalue weighted by molar-refractivity contribution is 0.0938. The van der Waals surface area contributed by atoms with E-state index in [-0.39, 0.29) is 18.1 Å². The second-order valence-electron chi connectivity index (χ2n) is 8.24. The maximum atomic E-state index is 12.9. The van der Waals surface area contributed by atoms with Crippen molar-refractivity contribution in [1.82, 2.24) is 10.3 Å². The molecule has 1 N–H and O–H groups in total. The average molecular weight is 489 g/mol. The van der Waals surface area contributed by atoms with Crippen LogP contribution < -0.4 is 14.8 Å². The summed E-state index contributed by atoms with van der Waals surface area (Å²) in [5.41, 5.74) is 2.34. The van der Waals surface area contributed by atoms with E-state index in [2.05, 4.69) is 22.4 Å². The molecule has 0 atom stereocenters. The molecule has 0 bridgehead atoms. The quantitative estimate of drug-likeness (QED) is 0.461. The molecule has 0 unspecified atom stereocenters. The Labute approximate surface area is 200 Å². The molecule has 1 aliphatic carbocycles. The van der Waals surface area contributed by atoms with Crippen molar-refractivity contribution in [2.45, 2.75) is 37.5 Å². The predicted octanol–water partition coefficient (Wildman–Crippen LogP) is 6.01. The van der Waals surface area contributed by atoms with Crippen LogP contribution >= 0.6 is 34.5 Å². The highest BCUT2D eigenvalue weighted by atomic mass is 35.5. The number of carbonyl (C=O) groups excluding carboxylic acids is 1. The lowest BCUT2D eigenvalue weighted by Crippen LogP contribution is -2.39. The van der Waals surface area contributed by atoms with Crippen LogP contribution in [0.25, 0.3) is 0 Å². The number of nitrogens with zero attached hydrogens (tertiary/aromatic N) is 1. The van der Waals surface area contributed by atoms with Crippen LogP contribution in [0.1, 0.15) is 52.3 Å². The zero-order valence-electron chi connectivity index (χ0n) is 17.3. The molecule has 2 aliphatic rings. The van der Waals surface area contributed by atoms with Gasteiger partial charge in [0.15, 0.2) is 11.5 Å². The van der Waals surface area contributed by atoms with Gasteiger partial charge in [0.2, 0.25) is 6.79 Å². The summed E-state index contributed by atoms with van der Waals surface area (Å²) in [6, 6.07) is 11.6. The molecular formula is C24H22Cl2N2O3S. The van der Waals surface area contributed by atoms with Crippen LogP contribution in [0.15, 0.2) is 41.8 Å². The van der Waals surface area contributed by atoms with Gasteiger partial charge in [-0.1, -0.05) is 48.2 Å². The number of carbonyl (C=O) groups is 1. The number of hydrogen-bond donors (Lipinski definition) is 1. The number of halogens is 2. The molecule has 1 saturated carbocycles. The van der Waals surface area contributed by atoms with Crippen LogP contribution in [-0.4, -0.2) is 24.2 Å². The minimum atomic E-state index is -0.162. The van der Waals surface area contributed by atoms with E-state index in [0.29, 0.717) is 28.7 Å². The first kappa shape index (κ1) is 21.6. The molecule has 0 radical (unpaired) electrons. The van der Waals surface area contributed by atoms with Gasteiger partial charge in [-0.15, -0.1) is 11.3 Å².